The van der Waals surface area contributed by atoms with E-state index in [-0.39, 0.29) is 0 Å². The fraction of sp³-hybridized carbons (Fsp3) is 0.429. The second-order valence-electron chi connectivity index (χ2n) is 4.71. The molecule has 0 amide bonds. The lowest BCUT2D eigenvalue weighted by atomic mass is 10.1. The van der Waals surface area contributed by atoms with Crippen molar-refractivity contribution in [1.82, 2.24) is 10.2 Å². The van der Waals surface area contributed by atoms with Crippen LogP contribution in [0.5, 0.6) is 0 Å². The van der Waals surface area contributed by atoms with E-state index in [4.69, 9.17) is 9.15 Å². The number of benzene rings is 1. The minimum atomic E-state index is 0.472. The Morgan fingerprint density at radius 2 is 2.26 bits per heavy atom. The van der Waals surface area contributed by atoms with Gasteiger partial charge in [-0.15, -0.1) is 10.2 Å². The fourth-order valence-corrected chi connectivity index (χ4v) is 1.92. The summed E-state index contributed by atoms with van der Waals surface area (Å²) in [6, 6.07) is 6.05. The molecule has 5 nitrogen and oxygen atoms in total. The maximum atomic E-state index is 5.19. The molecular formula is C14H19N3O2. The number of hydrogen-bond acceptors (Lipinski definition) is 5. The van der Waals surface area contributed by atoms with Crippen LogP contribution in [0.15, 0.2) is 29.0 Å². The molecule has 1 N–H and O–H groups in total. The van der Waals surface area contributed by atoms with Crippen molar-refractivity contribution in [3.63, 3.8) is 0 Å². The molecule has 0 aliphatic heterocycles. The van der Waals surface area contributed by atoms with Crippen LogP contribution in [0.1, 0.15) is 12.5 Å². The maximum absolute atomic E-state index is 5.19. The predicted molar refractivity (Wildman–Crippen MR) is 74.0 cm³/mol. The van der Waals surface area contributed by atoms with Gasteiger partial charge in [0.1, 0.15) is 0 Å². The Morgan fingerprint density at radius 1 is 1.42 bits per heavy atom. The van der Waals surface area contributed by atoms with Crippen LogP contribution in [-0.2, 0) is 4.74 Å². The largest absolute Gasteiger partial charge is 0.423 e. The van der Waals surface area contributed by atoms with Gasteiger partial charge in [0.2, 0.25) is 12.3 Å². The molecular weight excluding hydrogens is 242 g/mol. The van der Waals surface area contributed by atoms with Crippen LogP contribution >= 0.6 is 0 Å². The number of aryl methyl sites for hydroxylation is 1. The second-order valence-corrected chi connectivity index (χ2v) is 4.71. The summed E-state index contributed by atoms with van der Waals surface area (Å²) in [7, 11) is 1.72. The molecule has 0 spiro atoms. The van der Waals surface area contributed by atoms with Gasteiger partial charge in [0, 0.05) is 24.9 Å². The van der Waals surface area contributed by atoms with Crippen LogP contribution in [0, 0.1) is 12.8 Å². The molecule has 1 aromatic carbocycles. The molecule has 5 heteroatoms. The quantitative estimate of drug-likeness (QED) is 0.866. The van der Waals surface area contributed by atoms with E-state index in [1.54, 1.807) is 7.11 Å². The first-order chi connectivity index (χ1) is 9.20. The molecule has 0 bridgehead atoms. The molecule has 0 aliphatic carbocycles. The monoisotopic (exact) mass is 261 g/mol. The highest BCUT2D eigenvalue weighted by atomic mass is 16.5. The third-order valence-electron chi connectivity index (χ3n) is 2.93. The van der Waals surface area contributed by atoms with Crippen LogP contribution in [0.25, 0.3) is 11.5 Å². The molecule has 0 fully saturated rings. The van der Waals surface area contributed by atoms with Gasteiger partial charge >= 0.3 is 0 Å². The molecule has 0 aliphatic rings. The van der Waals surface area contributed by atoms with Crippen LogP contribution < -0.4 is 5.32 Å². The number of aromatic nitrogens is 2. The van der Waals surface area contributed by atoms with E-state index in [2.05, 4.69) is 29.4 Å². The summed E-state index contributed by atoms with van der Waals surface area (Å²) in [6.07, 6.45) is 1.34. The number of nitrogens with zero attached hydrogens (tertiary/aromatic N) is 2. The van der Waals surface area contributed by atoms with Crippen molar-refractivity contribution in [1.29, 1.82) is 0 Å². The van der Waals surface area contributed by atoms with Gasteiger partial charge in [-0.3, -0.25) is 0 Å². The topological polar surface area (TPSA) is 60.2 Å². The Hall–Kier alpha value is -1.88. The first-order valence-corrected chi connectivity index (χ1v) is 6.30. The van der Waals surface area contributed by atoms with Gasteiger partial charge in [0.05, 0.1) is 6.61 Å². The number of hydrogen-bond donors (Lipinski definition) is 1. The zero-order valence-electron chi connectivity index (χ0n) is 11.5. The van der Waals surface area contributed by atoms with Crippen LogP contribution in [0.4, 0.5) is 5.69 Å². The van der Waals surface area contributed by atoms with Crippen molar-refractivity contribution >= 4 is 5.69 Å². The summed E-state index contributed by atoms with van der Waals surface area (Å²) in [6.45, 7) is 5.85. The molecule has 2 rings (SSSR count). The van der Waals surface area contributed by atoms with Crippen LogP contribution in [0.3, 0.4) is 0 Å². The normalized spacial score (nSPS) is 12.4. The molecule has 19 heavy (non-hydrogen) atoms. The summed E-state index contributed by atoms with van der Waals surface area (Å²) in [5.41, 5.74) is 3.21. The van der Waals surface area contributed by atoms with E-state index in [9.17, 15) is 0 Å². The van der Waals surface area contributed by atoms with E-state index in [0.717, 1.165) is 30.0 Å². The Morgan fingerprint density at radius 3 is 2.89 bits per heavy atom. The van der Waals surface area contributed by atoms with Crippen molar-refractivity contribution in [3.8, 4) is 11.5 Å². The van der Waals surface area contributed by atoms with E-state index < -0.39 is 0 Å². The zero-order valence-corrected chi connectivity index (χ0v) is 11.5. The summed E-state index contributed by atoms with van der Waals surface area (Å²) in [5.74, 6) is 1.02. The van der Waals surface area contributed by atoms with E-state index in [1.807, 2.05) is 18.2 Å². The molecule has 0 saturated heterocycles. The Bertz CT molecular complexity index is 511. The highest BCUT2D eigenvalue weighted by Gasteiger charge is 2.07. The van der Waals surface area contributed by atoms with Gasteiger partial charge in [0.25, 0.3) is 0 Å². The van der Waals surface area contributed by atoms with Gasteiger partial charge in [-0.05, 0) is 36.6 Å². The number of ether oxygens (including phenoxy) is 1. The standard InChI is InChI=1S/C14H19N3O2/c1-10(8-18-3)7-15-13-5-4-12(6-11(13)2)14-17-16-9-19-14/h4-6,9-10,15H,7-8H2,1-3H3. The first kappa shape index (κ1) is 13.5. The van der Waals surface area contributed by atoms with Crippen molar-refractivity contribution in [2.45, 2.75) is 13.8 Å². The summed E-state index contributed by atoms with van der Waals surface area (Å²) >= 11 is 0. The highest BCUT2D eigenvalue weighted by Crippen LogP contribution is 2.23. The van der Waals surface area contributed by atoms with Gasteiger partial charge in [-0.25, -0.2) is 0 Å². The fourth-order valence-electron chi connectivity index (χ4n) is 1.92. The molecule has 1 unspecified atom stereocenters. The molecule has 1 aromatic heterocycles. The third kappa shape index (κ3) is 3.54. The zero-order chi connectivity index (χ0) is 13.7. The van der Waals surface area contributed by atoms with Gasteiger partial charge in [0.15, 0.2) is 0 Å². The SMILES string of the molecule is COCC(C)CNc1ccc(-c2nnco2)cc1C. The average Bonchev–Trinajstić information content (AvgIpc) is 2.91. The lowest BCUT2D eigenvalue weighted by molar-refractivity contribution is 0.164. The van der Waals surface area contributed by atoms with Gasteiger partial charge < -0.3 is 14.5 Å². The number of nitrogens with one attached hydrogen (secondary N) is 1. The molecule has 0 radical (unpaired) electrons. The van der Waals surface area contributed by atoms with Crippen molar-refractivity contribution in [3.05, 3.63) is 30.2 Å². The molecule has 102 valence electrons. The summed E-state index contributed by atoms with van der Waals surface area (Å²) in [5, 5.41) is 11.0. The first-order valence-electron chi connectivity index (χ1n) is 6.30. The van der Waals surface area contributed by atoms with Crippen LogP contribution in [0.2, 0.25) is 0 Å². The molecule has 1 atom stereocenters. The van der Waals surface area contributed by atoms with E-state index >= 15 is 0 Å². The lowest BCUT2D eigenvalue weighted by Gasteiger charge is -2.14. The minimum absolute atomic E-state index is 0.472. The average molecular weight is 261 g/mol. The Labute approximate surface area is 113 Å². The second kappa shape index (κ2) is 6.33. The third-order valence-corrected chi connectivity index (χ3v) is 2.93. The molecule has 1 heterocycles. The minimum Gasteiger partial charge on any atom is -0.423 e. The van der Waals surface area contributed by atoms with Crippen molar-refractivity contribution < 1.29 is 9.15 Å². The van der Waals surface area contributed by atoms with Gasteiger partial charge in [-0.2, -0.15) is 0 Å². The number of anilines is 1. The highest BCUT2D eigenvalue weighted by molar-refractivity contribution is 5.62. The van der Waals surface area contributed by atoms with Crippen LogP contribution in [-0.4, -0.2) is 30.5 Å². The van der Waals surface area contributed by atoms with Gasteiger partial charge in [-0.1, -0.05) is 6.92 Å². The summed E-state index contributed by atoms with van der Waals surface area (Å²) < 4.78 is 10.3. The smallest absolute Gasteiger partial charge is 0.247 e. The predicted octanol–water partition coefficient (Wildman–Crippen LogP) is 2.74. The van der Waals surface area contributed by atoms with E-state index in [1.165, 1.54) is 6.39 Å². The Kier molecular flexibility index (Phi) is 4.52. The Balaban J connectivity index is 2.03. The summed E-state index contributed by atoms with van der Waals surface area (Å²) in [4.78, 5) is 0. The number of rotatable bonds is 6. The number of methoxy groups -OCH3 is 1. The molecule has 0 saturated carbocycles. The lowest BCUT2D eigenvalue weighted by Crippen LogP contribution is -2.16. The molecule has 2 aromatic rings. The van der Waals surface area contributed by atoms with Crippen molar-refractivity contribution in [2.75, 3.05) is 25.6 Å². The van der Waals surface area contributed by atoms with Crippen molar-refractivity contribution in [2.24, 2.45) is 5.92 Å². The van der Waals surface area contributed by atoms with E-state index in [0.29, 0.717) is 11.8 Å². The maximum Gasteiger partial charge on any atom is 0.247 e.